The molecule has 5 aromatic rings. The number of nitrogens with one attached hydrogen (secondary N) is 1. The predicted molar refractivity (Wildman–Crippen MR) is 155 cm³/mol. The van der Waals surface area contributed by atoms with Gasteiger partial charge in [0.1, 0.15) is 23.9 Å². The molecule has 204 valence electrons. The first-order valence-electron chi connectivity index (χ1n) is 13.2. The van der Waals surface area contributed by atoms with E-state index in [1.54, 1.807) is 42.3 Å². The highest BCUT2D eigenvalue weighted by atomic mass is 16.5. The zero-order valence-corrected chi connectivity index (χ0v) is 23.0. The zero-order valence-electron chi connectivity index (χ0n) is 23.0. The van der Waals surface area contributed by atoms with Crippen LogP contribution in [0.3, 0.4) is 0 Å². The van der Waals surface area contributed by atoms with Crippen LogP contribution in [0.25, 0.3) is 21.9 Å². The number of hydrogen-bond acceptors (Lipinski definition) is 6. The fourth-order valence-corrected chi connectivity index (χ4v) is 4.59. The number of hydrogen-bond donors (Lipinski definition) is 1. The molecule has 1 atom stereocenters. The minimum atomic E-state index is -0.967. The molecule has 40 heavy (non-hydrogen) atoms. The van der Waals surface area contributed by atoms with E-state index in [0.717, 1.165) is 16.4 Å². The van der Waals surface area contributed by atoms with Gasteiger partial charge >= 0.3 is 0 Å². The summed E-state index contributed by atoms with van der Waals surface area (Å²) in [7, 11) is 1.58. The van der Waals surface area contributed by atoms with E-state index in [2.05, 4.69) is 20.6 Å². The van der Waals surface area contributed by atoms with E-state index in [1.807, 2.05) is 75.4 Å². The monoisotopic (exact) mass is 536 g/mol. The number of fused-ring (bicyclic) bond motifs is 2. The Morgan fingerprint density at radius 3 is 2.52 bits per heavy atom. The van der Waals surface area contributed by atoms with Crippen LogP contribution in [0.2, 0.25) is 0 Å². The number of carbonyl (C=O) groups excluding carboxylic acids is 2. The molecule has 0 fully saturated rings. The second-order valence-electron chi connectivity index (χ2n) is 10.3. The number of aromatic nitrogens is 4. The number of carbonyl (C=O) groups is 2. The summed E-state index contributed by atoms with van der Waals surface area (Å²) in [6, 6.07) is 23.0. The lowest BCUT2D eigenvalue weighted by atomic mass is 9.97. The first kappa shape index (κ1) is 26.8. The highest BCUT2D eigenvalue weighted by Crippen LogP contribution is 2.32. The maximum atomic E-state index is 14.2. The largest absolute Gasteiger partial charge is 0.497 e. The van der Waals surface area contributed by atoms with Crippen LogP contribution >= 0.6 is 0 Å². The molecule has 2 heterocycles. The molecule has 2 amide bonds. The first-order chi connectivity index (χ1) is 19.3. The first-order valence-corrected chi connectivity index (χ1v) is 13.2. The van der Waals surface area contributed by atoms with Crippen LogP contribution in [0.15, 0.2) is 85.1 Å². The molecule has 0 bridgehead atoms. The number of methoxy groups -OCH3 is 1. The average molecular weight is 537 g/mol. The van der Waals surface area contributed by atoms with Gasteiger partial charge in [-0.3, -0.25) is 19.5 Å². The number of para-hydroxylation sites is 1. The van der Waals surface area contributed by atoms with Crippen molar-refractivity contribution in [1.82, 2.24) is 25.3 Å². The lowest BCUT2D eigenvalue weighted by Crippen LogP contribution is -2.51. The van der Waals surface area contributed by atoms with Gasteiger partial charge in [-0.1, -0.05) is 36.4 Å². The number of benzene rings is 3. The molecule has 0 aliphatic rings. The van der Waals surface area contributed by atoms with Crippen molar-refractivity contribution in [3.8, 4) is 5.75 Å². The number of ether oxygens (including phenoxy) is 1. The van der Waals surface area contributed by atoms with Gasteiger partial charge in [-0.05, 0) is 80.4 Å². The molecule has 2 aromatic heterocycles. The smallest absolute Gasteiger partial charge is 0.249 e. The van der Waals surface area contributed by atoms with Crippen LogP contribution in [0.4, 0.5) is 5.69 Å². The van der Waals surface area contributed by atoms with Crippen LogP contribution in [0.5, 0.6) is 5.75 Å². The van der Waals surface area contributed by atoms with Crippen molar-refractivity contribution in [3.63, 3.8) is 0 Å². The Balaban J connectivity index is 1.64. The van der Waals surface area contributed by atoms with Gasteiger partial charge in [0.25, 0.3) is 0 Å². The van der Waals surface area contributed by atoms with Gasteiger partial charge in [0, 0.05) is 22.8 Å². The predicted octanol–water partition coefficient (Wildman–Crippen LogP) is 5.07. The molecule has 0 saturated heterocycles. The molecule has 1 N–H and O–H groups in total. The third-order valence-electron chi connectivity index (χ3n) is 7.12. The molecule has 5 rings (SSSR count). The van der Waals surface area contributed by atoms with Crippen LogP contribution in [0, 0.1) is 0 Å². The average Bonchev–Trinajstić information content (AvgIpc) is 3.38. The molecule has 0 saturated carbocycles. The van der Waals surface area contributed by atoms with Crippen molar-refractivity contribution in [2.75, 3.05) is 12.0 Å². The fraction of sp³-hybridized carbons (Fsp3) is 0.258. The van der Waals surface area contributed by atoms with Gasteiger partial charge in [0.15, 0.2) is 0 Å². The van der Waals surface area contributed by atoms with Crippen LogP contribution in [-0.4, -0.2) is 44.4 Å². The van der Waals surface area contributed by atoms with Gasteiger partial charge in [-0.15, -0.1) is 5.10 Å². The molecular weight excluding hydrogens is 504 g/mol. The standard InChI is InChI=1S/C31H32N6O3/c1-5-31(2,3)33-30(39)29(22-12-17-25-21(19-22)9-8-18-32-25)37(23-13-15-24(40-4)16-14-23)28(38)20-36-27-11-7-6-10-26(27)34-35-36/h6-19,29H,5,20H2,1-4H3,(H,33,39). The summed E-state index contributed by atoms with van der Waals surface area (Å²) in [5.74, 6) is 0.0348. The molecule has 1 unspecified atom stereocenters. The van der Waals surface area contributed by atoms with Crippen molar-refractivity contribution in [2.24, 2.45) is 0 Å². The summed E-state index contributed by atoms with van der Waals surface area (Å²) in [4.78, 5) is 34.3. The topological polar surface area (TPSA) is 102 Å². The molecule has 9 heteroatoms. The summed E-state index contributed by atoms with van der Waals surface area (Å²) in [6.07, 6.45) is 2.44. The van der Waals surface area contributed by atoms with Gasteiger partial charge in [-0.2, -0.15) is 0 Å². The fourth-order valence-electron chi connectivity index (χ4n) is 4.59. The van der Waals surface area contributed by atoms with Gasteiger partial charge in [-0.25, -0.2) is 4.68 Å². The molecule has 0 spiro atoms. The third-order valence-corrected chi connectivity index (χ3v) is 7.12. The molecule has 0 aliphatic heterocycles. The van der Waals surface area contributed by atoms with E-state index in [9.17, 15) is 9.59 Å². The van der Waals surface area contributed by atoms with Crippen LogP contribution in [-0.2, 0) is 16.1 Å². The Bertz CT molecular complexity index is 1660. The maximum Gasteiger partial charge on any atom is 0.249 e. The Labute approximate surface area is 232 Å². The maximum absolute atomic E-state index is 14.2. The van der Waals surface area contributed by atoms with Crippen molar-refractivity contribution in [3.05, 3.63) is 90.6 Å². The second-order valence-corrected chi connectivity index (χ2v) is 10.3. The molecule has 0 radical (unpaired) electrons. The number of amides is 2. The second kappa shape index (κ2) is 11.1. The molecule has 0 aliphatic carbocycles. The van der Waals surface area contributed by atoms with E-state index in [1.165, 1.54) is 4.90 Å². The lowest BCUT2D eigenvalue weighted by molar-refractivity contribution is -0.128. The zero-order chi connectivity index (χ0) is 28.3. The van der Waals surface area contributed by atoms with Crippen LogP contribution < -0.4 is 15.0 Å². The summed E-state index contributed by atoms with van der Waals surface area (Å²) < 4.78 is 6.91. The number of anilines is 1. The minimum absolute atomic E-state index is 0.109. The van der Waals surface area contributed by atoms with Crippen molar-refractivity contribution in [2.45, 2.75) is 45.3 Å². The van der Waals surface area contributed by atoms with Crippen molar-refractivity contribution in [1.29, 1.82) is 0 Å². The van der Waals surface area contributed by atoms with E-state index in [-0.39, 0.29) is 18.4 Å². The summed E-state index contributed by atoms with van der Waals surface area (Å²) in [6.45, 7) is 5.84. The minimum Gasteiger partial charge on any atom is -0.497 e. The van der Waals surface area contributed by atoms with Crippen LogP contribution in [0.1, 0.15) is 38.8 Å². The third kappa shape index (κ3) is 5.49. The Kier molecular flexibility index (Phi) is 7.46. The van der Waals surface area contributed by atoms with E-state index in [0.29, 0.717) is 28.9 Å². The summed E-state index contributed by atoms with van der Waals surface area (Å²) >= 11 is 0. The molecule has 9 nitrogen and oxygen atoms in total. The Morgan fingerprint density at radius 1 is 1.00 bits per heavy atom. The van der Waals surface area contributed by atoms with Gasteiger partial charge in [0.05, 0.1) is 18.1 Å². The number of pyridine rings is 1. The normalized spacial score (nSPS) is 12.3. The highest BCUT2D eigenvalue weighted by Gasteiger charge is 2.35. The van der Waals surface area contributed by atoms with E-state index >= 15 is 0 Å². The van der Waals surface area contributed by atoms with E-state index < -0.39 is 11.6 Å². The van der Waals surface area contributed by atoms with Gasteiger partial charge in [0.2, 0.25) is 11.8 Å². The molecular formula is C31H32N6O3. The summed E-state index contributed by atoms with van der Waals surface area (Å²) in [5, 5.41) is 12.5. The van der Waals surface area contributed by atoms with Gasteiger partial charge < -0.3 is 10.1 Å². The van der Waals surface area contributed by atoms with Crippen molar-refractivity contribution >= 4 is 39.4 Å². The van der Waals surface area contributed by atoms with Crippen molar-refractivity contribution < 1.29 is 14.3 Å². The Hall–Kier alpha value is -4.79. The highest BCUT2D eigenvalue weighted by molar-refractivity contribution is 6.02. The summed E-state index contributed by atoms with van der Waals surface area (Å²) in [5.41, 5.74) is 2.96. The lowest BCUT2D eigenvalue weighted by Gasteiger charge is -2.34. The quantitative estimate of drug-likeness (QED) is 0.282. The number of rotatable bonds is 9. The SMILES string of the molecule is CCC(C)(C)NC(=O)C(c1ccc2ncccc2c1)N(C(=O)Cn1nnc2ccccc21)c1ccc(OC)cc1. The number of nitrogens with zero attached hydrogens (tertiary/aromatic N) is 5. The Morgan fingerprint density at radius 2 is 1.77 bits per heavy atom. The molecule has 3 aromatic carbocycles. The van der Waals surface area contributed by atoms with E-state index in [4.69, 9.17) is 4.74 Å².